The normalized spacial score (nSPS) is 16.1. The van der Waals surface area contributed by atoms with E-state index < -0.39 is 11.7 Å². The molecule has 1 saturated heterocycles. The summed E-state index contributed by atoms with van der Waals surface area (Å²) >= 11 is 0. The first-order chi connectivity index (χ1) is 18.6. The number of aryl methyl sites for hydroxylation is 2. The summed E-state index contributed by atoms with van der Waals surface area (Å²) in [6, 6.07) is 13.9. The molecule has 0 saturated carbocycles. The number of carbonyl (C=O) groups is 2. The SMILES string of the molecule is CCn1c(-c2nc3cc(C(=O)N4CCCC(NC(=O)OC(C)(C)C)C4)cc(OC)c3n2C)cc2ccccc21. The first kappa shape index (κ1) is 26.6. The second-order valence-electron chi connectivity index (χ2n) is 11.1. The minimum atomic E-state index is -0.576. The number of hydrogen-bond donors (Lipinski definition) is 1. The summed E-state index contributed by atoms with van der Waals surface area (Å²) in [5.74, 6) is 1.29. The number of methoxy groups -OCH3 is 1. The number of alkyl carbamates (subject to hydrolysis) is 1. The molecule has 0 aliphatic carbocycles. The Balaban J connectivity index is 1.46. The van der Waals surface area contributed by atoms with Crippen LogP contribution in [0.25, 0.3) is 33.5 Å². The molecule has 206 valence electrons. The second kappa shape index (κ2) is 10.3. The molecule has 2 aromatic carbocycles. The molecule has 9 heteroatoms. The summed E-state index contributed by atoms with van der Waals surface area (Å²) in [6.07, 6.45) is 1.12. The van der Waals surface area contributed by atoms with Crippen LogP contribution in [0.2, 0.25) is 0 Å². The molecule has 4 aromatic rings. The highest BCUT2D eigenvalue weighted by atomic mass is 16.6. The molecule has 9 nitrogen and oxygen atoms in total. The van der Waals surface area contributed by atoms with Gasteiger partial charge in [0, 0.05) is 49.2 Å². The predicted octanol–water partition coefficient (Wildman–Crippen LogP) is 5.35. The topological polar surface area (TPSA) is 90.6 Å². The number of fused-ring (bicyclic) bond motifs is 2. The van der Waals surface area contributed by atoms with Crippen LogP contribution in [0.1, 0.15) is 50.9 Å². The summed E-state index contributed by atoms with van der Waals surface area (Å²) < 4.78 is 15.4. The van der Waals surface area contributed by atoms with Gasteiger partial charge < -0.3 is 28.8 Å². The van der Waals surface area contributed by atoms with Gasteiger partial charge in [-0.1, -0.05) is 18.2 Å². The maximum atomic E-state index is 13.6. The van der Waals surface area contributed by atoms with Crippen molar-refractivity contribution in [2.75, 3.05) is 20.2 Å². The van der Waals surface area contributed by atoms with Gasteiger partial charge in [0.25, 0.3) is 5.91 Å². The van der Waals surface area contributed by atoms with E-state index in [1.54, 1.807) is 18.1 Å². The quantitative estimate of drug-likeness (QED) is 0.375. The monoisotopic (exact) mass is 531 g/mol. The van der Waals surface area contributed by atoms with Crippen molar-refractivity contribution in [1.82, 2.24) is 24.3 Å². The zero-order chi connectivity index (χ0) is 27.9. The molecule has 3 heterocycles. The molecule has 2 amide bonds. The fourth-order valence-corrected chi connectivity index (χ4v) is 5.49. The number of ether oxygens (including phenoxy) is 2. The lowest BCUT2D eigenvalue weighted by Crippen LogP contribution is -2.50. The number of likely N-dealkylation sites (tertiary alicyclic amines) is 1. The van der Waals surface area contributed by atoms with Crippen molar-refractivity contribution in [2.45, 2.75) is 58.7 Å². The molecule has 0 bridgehead atoms. The molecular weight excluding hydrogens is 494 g/mol. The van der Waals surface area contributed by atoms with E-state index in [1.807, 2.05) is 50.6 Å². The maximum absolute atomic E-state index is 13.6. The van der Waals surface area contributed by atoms with E-state index in [1.165, 1.54) is 0 Å². The molecule has 1 atom stereocenters. The Morgan fingerprint density at radius 3 is 2.64 bits per heavy atom. The predicted molar refractivity (Wildman–Crippen MR) is 152 cm³/mol. The number of nitrogens with one attached hydrogen (secondary N) is 1. The zero-order valence-electron chi connectivity index (χ0n) is 23.6. The van der Waals surface area contributed by atoms with Crippen LogP contribution >= 0.6 is 0 Å². The van der Waals surface area contributed by atoms with Crippen molar-refractivity contribution >= 4 is 33.9 Å². The molecule has 39 heavy (non-hydrogen) atoms. The van der Waals surface area contributed by atoms with Crippen LogP contribution < -0.4 is 10.1 Å². The van der Waals surface area contributed by atoms with E-state index in [4.69, 9.17) is 14.5 Å². The number of imidazole rings is 1. The van der Waals surface area contributed by atoms with Crippen LogP contribution in [0.3, 0.4) is 0 Å². The van der Waals surface area contributed by atoms with Crippen molar-refractivity contribution in [1.29, 1.82) is 0 Å². The molecule has 1 N–H and O–H groups in total. The number of aromatic nitrogens is 3. The summed E-state index contributed by atoms with van der Waals surface area (Å²) in [7, 11) is 3.59. The van der Waals surface area contributed by atoms with E-state index in [-0.39, 0.29) is 11.9 Å². The first-order valence-electron chi connectivity index (χ1n) is 13.5. The molecule has 1 unspecified atom stereocenters. The Hall–Kier alpha value is -4.01. The van der Waals surface area contributed by atoms with Crippen LogP contribution in [0.4, 0.5) is 4.79 Å². The van der Waals surface area contributed by atoms with Gasteiger partial charge in [0.1, 0.15) is 16.9 Å². The van der Waals surface area contributed by atoms with Gasteiger partial charge >= 0.3 is 6.09 Å². The molecule has 1 aliphatic heterocycles. The third kappa shape index (κ3) is 5.17. The molecule has 0 spiro atoms. The largest absolute Gasteiger partial charge is 0.494 e. The van der Waals surface area contributed by atoms with Gasteiger partial charge in [-0.15, -0.1) is 0 Å². The third-order valence-corrected chi connectivity index (χ3v) is 7.19. The lowest BCUT2D eigenvalue weighted by molar-refractivity contribution is 0.0452. The number of para-hydroxylation sites is 1. The standard InChI is InChI=1S/C30H37N5O4/c1-7-35-23-13-9-8-11-19(23)16-24(35)27-32-22-15-20(17-25(38-6)26(22)33(27)5)28(36)34-14-10-12-21(18-34)31-29(37)39-30(2,3)4/h8-9,11,13,15-17,21H,7,10,12,14,18H2,1-6H3,(H,31,37). The van der Waals surface area contributed by atoms with Crippen molar-refractivity contribution in [2.24, 2.45) is 7.05 Å². The number of nitrogens with zero attached hydrogens (tertiary/aromatic N) is 4. The molecule has 1 fully saturated rings. The smallest absolute Gasteiger partial charge is 0.407 e. The van der Waals surface area contributed by atoms with Gasteiger partial charge in [-0.25, -0.2) is 9.78 Å². The van der Waals surface area contributed by atoms with E-state index in [9.17, 15) is 9.59 Å². The Morgan fingerprint density at radius 2 is 1.92 bits per heavy atom. The number of rotatable bonds is 5. The highest BCUT2D eigenvalue weighted by Crippen LogP contribution is 2.34. The summed E-state index contributed by atoms with van der Waals surface area (Å²) in [5, 5.41) is 4.07. The Kier molecular flexibility index (Phi) is 7.01. The lowest BCUT2D eigenvalue weighted by atomic mass is 10.0. The average Bonchev–Trinajstić information content (AvgIpc) is 3.43. The van der Waals surface area contributed by atoms with Crippen molar-refractivity contribution < 1.29 is 19.1 Å². The van der Waals surface area contributed by atoms with Crippen molar-refractivity contribution in [3.63, 3.8) is 0 Å². The lowest BCUT2D eigenvalue weighted by Gasteiger charge is -2.33. The number of hydrogen-bond acceptors (Lipinski definition) is 5. The molecular formula is C30H37N5O4. The van der Waals surface area contributed by atoms with Gasteiger partial charge in [0.2, 0.25) is 0 Å². The van der Waals surface area contributed by atoms with E-state index in [2.05, 4.69) is 35.0 Å². The Bertz CT molecular complexity index is 1540. The molecule has 5 rings (SSSR count). The van der Waals surface area contributed by atoms with Gasteiger partial charge in [0.15, 0.2) is 5.82 Å². The Labute approximate surface area is 228 Å². The van der Waals surface area contributed by atoms with Gasteiger partial charge in [-0.2, -0.15) is 0 Å². The first-order valence-corrected chi connectivity index (χ1v) is 13.5. The highest BCUT2D eigenvalue weighted by Gasteiger charge is 2.28. The maximum Gasteiger partial charge on any atom is 0.407 e. The van der Waals surface area contributed by atoms with Gasteiger partial charge in [-0.3, -0.25) is 4.79 Å². The van der Waals surface area contributed by atoms with Crippen LogP contribution in [0, 0.1) is 0 Å². The minimum Gasteiger partial charge on any atom is -0.494 e. The van der Waals surface area contributed by atoms with Crippen LogP contribution in [-0.4, -0.2) is 62.9 Å². The summed E-state index contributed by atoms with van der Waals surface area (Å²) in [4.78, 5) is 32.7. The van der Waals surface area contributed by atoms with E-state index >= 15 is 0 Å². The summed E-state index contributed by atoms with van der Waals surface area (Å²) in [5.41, 5.74) is 3.64. The van der Waals surface area contributed by atoms with Gasteiger partial charge in [0.05, 0.1) is 18.3 Å². The van der Waals surface area contributed by atoms with Gasteiger partial charge in [-0.05, 0) is 64.8 Å². The van der Waals surface area contributed by atoms with E-state index in [0.717, 1.165) is 47.3 Å². The fourth-order valence-electron chi connectivity index (χ4n) is 5.49. The van der Waals surface area contributed by atoms with Crippen molar-refractivity contribution in [3.05, 3.63) is 48.0 Å². The Morgan fingerprint density at radius 1 is 1.15 bits per heavy atom. The number of carbonyl (C=O) groups excluding carboxylic acids is 2. The highest BCUT2D eigenvalue weighted by molar-refractivity contribution is 6.00. The van der Waals surface area contributed by atoms with Crippen LogP contribution in [-0.2, 0) is 18.3 Å². The van der Waals surface area contributed by atoms with E-state index in [0.29, 0.717) is 29.9 Å². The number of benzene rings is 2. The fraction of sp³-hybridized carbons (Fsp3) is 0.433. The van der Waals surface area contributed by atoms with Crippen LogP contribution in [0.5, 0.6) is 5.75 Å². The average molecular weight is 532 g/mol. The molecule has 0 radical (unpaired) electrons. The zero-order valence-corrected chi connectivity index (χ0v) is 23.6. The third-order valence-electron chi connectivity index (χ3n) is 7.19. The summed E-state index contributed by atoms with van der Waals surface area (Å²) in [6.45, 7) is 9.46. The number of piperidine rings is 1. The molecule has 1 aliphatic rings. The second-order valence-corrected chi connectivity index (χ2v) is 11.1. The van der Waals surface area contributed by atoms with Crippen LogP contribution in [0.15, 0.2) is 42.5 Å². The van der Waals surface area contributed by atoms with Crippen molar-refractivity contribution in [3.8, 4) is 17.3 Å². The molecule has 2 aromatic heterocycles. The number of amides is 2. The minimum absolute atomic E-state index is 0.110.